The fourth-order valence-electron chi connectivity index (χ4n) is 4.39. The Labute approximate surface area is 133 Å². The molecule has 0 aliphatic heterocycles. The lowest BCUT2D eigenvalue weighted by Crippen LogP contribution is -2.47. The Morgan fingerprint density at radius 3 is 1.57 bits per heavy atom. The first-order chi connectivity index (χ1) is 11.1. The fraction of sp³-hybridized carbons (Fsp3) is 0.263. The third-order valence-electron chi connectivity index (χ3n) is 5.20. The van der Waals surface area contributed by atoms with Crippen LogP contribution in [0.25, 0.3) is 0 Å². The largest absolute Gasteiger partial charge is 0.481 e. The summed E-state index contributed by atoms with van der Waals surface area (Å²) in [6.07, 6.45) is 0. The quantitative estimate of drug-likeness (QED) is 0.867. The van der Waals surface area contributed by atoms with E-state index in [0.717, 1.165) is 22.3 Å². The lowest BCUT2D eigenvalue weighted by Gasteiger charge is -2.47. The third kappa shape index (κ3) is 1.78. The lowest BCUT2D eigenvalue weighted by atomic mass is 9.54. The smallest absolute Gasteiger partial charge is 0.310 e. The Hall–Kier alpha value is -2.62. The molecule has 5 rings (SSSR count). The van der Waals surface area contributed by atoms with E-state index >= 15 is 0 Å². The Morgan fingerprint density at radius 1 is 0.826 bits per heavy atom. The Balaban J connectivity index is 2.03. The highest BCUT2D eigenvalue weighted by Crippen LogP contribution is 2.58. The minimum atomic E-state index is -0.945. The maximum absolute atomic E-state index is 12.4. The minimum Gasteiger partial charge on any atom is -0.481 e. The summed E-state index contributed by atoms with van der Waals surface area (Å²) in [4.78, 5) is 24.4. The number of ether oxygens (including phenoxy) is 1. The van der Waals surface area contributed by atoms with E-state index in [0.29, 0.717) is 0 Å². The second-order valence-electron chi connectivity index (χ2n) is 6.13. The second-order valence-corrected chi connectivity index (χ2v) is 6.13. The van der Waals surface area contributed by atoms with Gasteiger partial charge in [-0.3, -0.25) is 9.59 Å². The number of aliphatic carboxylic acids is 1. The molecule has 4 nitrogen and oxygen atoms in total. The molecule has 0 saturated heterocycles. The molecule has 2 atom stereocenters. The van der Waals surface area contributed by atoms with Crippen molar-refractivity contribution >= 4 is 11.9 Å². The van der Waals surface area contributed by atoms with E-state index in [1.54, 1.807) is 0 Å². The number of methoxy groups -OCH3 is 1. The van der Waals surface area contributed by atoms with Crippen molar-refractivity contribution in [2.24, 2.45) is 11.8 Å². The summed E-state index contributed by atoms with van der Waals surface area (Å²) in [6, 6.07) is 15.7. The molecule has 0 saturated carbocycles. The molecule has 2 aromatic carbocycles. The molecule has 2 aromatic rings. The van der Waals surface area contributed by atoms with Crippen LogP contribution < -0.4 is 0 Å². The number of benzene rings is 2. The van der Waals surface area contributed by atoms with Crippen LogP contribution in [-0.4, -0.2) is 24.2 Å². The van der Waals surface area contributed by atoms with Gasteiger partial charge in [0.15, 0.2) is 0 Å². The number of rotatable bonds is 2. The van der Waals surface area contributed by atoms with Gasteiger partial charge in [0.05, 0.1) is 18.9 Å². The topological polar surface area (TPSA) is 63.6 Å². The molecule has 0 amide bonds. The summed E-state index contributed by atoms with van der Waals surface area (Å²) in [5, 5.41) is 9.82. The molecular weight excluding hydrogens is 292 g/mol. The highest BCUT2D eigenvalue weighted by atomic mass is 16.5. The van der Waals surface area contributed by atoms with Crippen LogP contribution in [0.15, 0.2) is 48.5 Å². The fourth-order valence-corrected chi connectivity index (χ4v) is 4.39. The molecule has 3 aliphatic carbocycles. The molecule has 1 N–H and O–H groups in total. The molecule has 2 bridgehead atoms. The van der Waals surface area contributed by atoms with E-state index in [4.69, 9.17) is 4.74 Å². The van der Waals surface area contributed by atoms with Gasteiger partial charge >= 0.3 is 11.9 Å². The number of fused-ring (bicyclic) bond motifs is 1. The van der Waals surface area contributed by atoms with Crippen LogP contribution in [0, 0.1) is 11.8 Å². The number of hydrogen-bond acceptors (Lipinski definition) is 3. The van der Waals surface area contributed by atoms with Gasteiger partial charge in [-0.25, -0.2) is 0 Å². The summed E-state index contributed by atoms with van der Waals surface area (Å²) in [7, 11) is 1.32. The first kappa shape index (κ1) is 14.0. The molecule has 23 heavy (non-hydrogen) atoms. The van der Waals surface area contributed by atoms with Crippen LogP contribution >= 0.6 is 0 Å². The zero-order valence-corrected chi connectivity index (χ0v) is 12.6. The van der Waals surface area contributed by atoms with Crippen molar-refractivity contribution in [3.8, 4) is 0 Å². The van der Waals surface area contributed by atoms with Crippen LogP contribution in [0.2, 0.25) is 0 Å². The predicted octanol–water partition coefficient (Wildman–Crippen LogP) is 2.77. The molecule has 0 aromatic heterocycles. The number of carboxylic acids is 1. The SMILES string of the molecule is COC(=O)[C@@H]1[C@H]2c3ccccc3[C@H](c3ccccc32)[C@@H]1C(=O)O. The predicted molar refractivity (Wildman–Crippen MR) is 83.2 cm³/mol. The van der Waals surface area contributed by atoms with Crippen molar-refractivity contribution < 1.29 is 19.4 Å². The highest BCUT2D eigenvalue weighted by Gasteiger charge is 2.55. The van der Waals surface area contributed by atoms with Crippen LogP contribution in [-0.2, 0) is 14.3 Å². The Bertz CT molecular complexity index is 763. The van der Waals surface area contributed by atoms with Gasteiger partial charge < -0.3 is 9.84 Å². The molecule has 3 aliphatic rings. The van der Waals surface area contributed by atoms with Crippen molar-refractivity contribution in [1.82, 2.24) is 0 Å². The Morgan fingerprint density at radius 2 is 1.22 bits per heavy atom. The van der Waals surface area contributed by atoms with Gasteiger partial charge in [0.2, 0.25) is 0 Å². The van der Waals surface area contributed by atoms with Gasteiger partial charge in [0, 0.05) is 11.8 Å². The van der Waals surface area contributed by atoms with E-state index in [1.165, 1.54) is 7.11 Å². The van der Waals surface area contributed by atoms with Gasteiger partial charge in [-0.15, -0.1) is 0 Å². The molecular formula is C19H16O4. The standard InChI is InChI=1S/C19H16O4/c1-23-19(22)17-15-12-8-4-2-6-10(12)14(16(17)18(20)21)11-7-3-5-9-13(11)15/h2-9,14-17H,1H3,(H,20,21)/t14-,15+,16-,17+/m0/s1. The summed E-state index contributed by atoms with van der Waals surface area (Å²) in [5.41, 5.74) is 4.13. The van der Waals surface area contributed by atoms with Gasteiger partial charge in [-0.1, -0.05) is 48.5 Å². The second kappa shape index (κ2) is 4.95. The zero-order chi connectivity index (χ0) is 16.1. The summed E-state index contributed by atoms with van der Waals surface area (Å²) < 4.78 is 4.95. The maximum atomic E-state index is 12.4. The Kier molecular flexibility index (Phi) is 3.01. The van der Waals surface area contributed by atoms with Gasteiger partial charge in [0.1, 0.15) is 0 Å². The van der Waals surface area contributed by atoms with Crippen LogP contribution in [0.4, 0.5) is 0 Å². The molecule has 0 spiro atoms. The highest BCUT2D eigenvalue weighted by molar-refractivity contribution is 5.87. The molecule has 0 fully saturated rings. The van der Waals surface area contributed by atoms with Crippen molar-refractivity contribution in [1.29, 1.82) is 0 Å². The summed E-state index contributed by atoms with van der Waals surface area (Å²) in [5.74, 6) is -3.45. The number of carbonyl (C=O) groups excluding carboxylic acids is 1. The van der Waals surface area contributed by atoms with E-state index in [-0.39, 0.29) is 11.8 Å². The number of carboxylic acid groups (broad SMARTS) is 1. The monoisotopic (exact) mass is 308 g/mol. The van der Waals surface area contributed by atoms with Crippen molar-refractivity contribution in [3.63, 3.8) is 0 Å². The lowest BCUT2D eigenvalue weighted by molar-refractivity contribution is -0.158. The van der Waals surface area contributed by atoms with Crippen LogP contribution in [0.5, 0.6) is 0 Å². The molecule has 4 heteroatoms. The van der Waals surface area contributed by atoms with Crippen molar-refractivity contribution in [3.05, 3.63) is 70.8 Å². The first-order valence-corrected chi connectivity index (χ1v) is 7.63. The maximum Gasteiger partial charge on any atom is 0.310 e. The van der Waals surface area contributed by atoms with Crippen molar-refractivity contribution in [2.75, 3.05) is 7.11 Å². The average molecular weight is 308 g/mol. The molecule has 0 heterocycles. The molecule has 0 unspecified atom stereocenters. The van der Waals surface area contributed by atoms with E-state index in [1.807, 2.05) is 48.5 Å². The van der Waals surface area contributed by atoms with E-state index in [9.17, 15) is 14.7 Å². The number of hydrogen-bond donors (Lipinski definition) is 1. The first-order valence-electron chi connectivity index (χ1n) is 7.63. The normalized spacial score (nSPS) is 27.0. The van der Waals surface area contributed by atoms with Gasteiger partial charge in [0.25, 0.3) is 0 Å². The van der Waals surface area contributed by atoms with Gasteiger partial charge in [-0.05, 0) is 22.3 Å². The molecule has 116 valence electrons. The minimum absolute atomic E-state index is 0.263. The molecule has 0 radical (unpaired) electrons. The average Bonchev–Trinajstić information content (AvgIpc) is 2.60. The van der Waals surface area contributed by atoms with Gasteiger partial charge in [-0.2, -0.15) is 0 Å². The zero-order valence-electron chi connectivity index (χ0n) is 12.6. The summed E-state index contributed by atoms with van der Waals surface area (Å²) >= 11 is 0. The van der Waals surface area contributed by atoms with Crippen LogP contribution in [0.3, 0.4) is 0 Å². The number of carbonyl (C=O) groups is 2. The van der Waals surface area contributed by atoms with Crippen molar-refractivity contribution in [2.45, 2.75) is 11.8 Å². The van der Waals surface area contributed by atoms with Crippen LogP contribution in [0.1, 0.15) is 34.1 Å². The number of esters is 1. The summed E-state index contributed by atoms with van der Waals surface area (Å²) in [6.45, 7) is 0. The van der Waals surface area contributed by atoms with E-state index < -0.39 is 23.8 Å². The van der Waals surface area contributed by atoms with E-state index in [2.05, 4.69) is 0 Å². The third-order valence-corrected chi connectivity index (χ3v) is 5.20.